The summed E-state index contributed by atoms with van der Waals surface area (Å²) in [5, 5.41) is 5.21. The molecule has 21 heavy (non-hydrogen) atoms. The number of anilines is 1. The van der Waals surface area contributed by atoms with Crippen molar-refractivity contribution < 1.29 is 4.79 Å². The van der Waals surface area contributed by atoms with E-state index < -0.39 is 0 Å². The van der Waals surface area contributed by atoms with Gasteiger partial charge in [-0.2, -0.15) is 0 Å². The van der Waals surface area contributed by atoms with Crippen molar-refractivity contribution in [2.75, 3.05) is 5.32 Å². The summed E-state index contributed by atoms with van der Waals surface area (Å²) in [7, 11) is 0. The van der Waals surface area contributed by atoms with E-state index in [-0.39, 0.29) is 5.91 Å². The van der Waals surface area contributed by atoms with Crippen molar-refractivity contribution in [1.29, 1.82) is 0 Å². The highest BCUT2D eigenvalue weighted by Crippen LogP contribution is 2.23. The maximum Gasteiger partial charge on any atom is 0.256 e. The van der Waals surface area contributed by atoms with Crippen molar-refractivity contribution in [2.24, 2.45) is 0 Å². The Balaban J connectivity index is 1.90. The van der Waals surface area contributed by atoms with Crippen LogP contribution in [-0.2, 0) is 0 Å². The van der Waals surface area contributed by atoms with Gasteiger partial charge in [-0.25, -0.2) is 0 Å². The van der Waals surface area contributed by atoms with Crippen LogP contribution in [0, 0.1) is 3.57 Å². The normalized spacial score (nSPS) is 10.6. The number of rotatable bonds is 2. The highest BCUT2D eigenvalue weighted by molar-refractivity contribution is 14.1. The summed E-state index contributed by atoms with van der Waals surface area (Å²) in [6.45, 7) is 0. The van der Waals surface area contributed by atoms with Gasteiger partial charge in [0.2, 0.25) is 0 Å². The Bertz CT molecular complexity index is 832. The van der Waals surface area contributed by atoms with Gasteiger partial charge in [0.25, 0.3) is 5.91 Å². The van der Waals surface area contributed by atoms with Gasteiger partial charge in [0.1, 0.15) is 0 Å². The first-order valence-electron chi connectivity index (χ1n) is 6.39. The van der Waals surface area contributed by atoms with Crippen molar-refractivity contribution in [2.45, 2.75) is 0 Å². The van der Waals surface area contributed by atoms with E-state index in [2.05, 4.69) is 49.9 Å². The van der Waals surface area contributed by atoms with Crippen LogP contribution < -0.4 is 5.32 Å². The first kappa shape index (κ1) is 14.5. The first-order valence-corrected chi connectivity index (χ1v) is 8.26. The summed E-state index contributed by atoms with van der Waals surface area (Å²) in [6.07, 6.45) is 0. The molecule has 0 radical (unpaired) electrons. The highest BCUT2D eigenvalue weighted by atomic mass is 127. The van der Waals surface area contributed by atoms with Crippen LogP contribution in [0.5, 0.6) is 0 Å². The molecule has 3 rings (SSSR count). The van der Waals surface area contributed by atoms with Crippen molar-refractivity contribution >= 4 is 60.9 Å². The van der Waals surface area contributed by atoms with Gasteiger partial charge in [-0.05, 0) is 79.6 Å². The van der Waals surface area contributed by atoms with Gasteiger partial charge in [0, 0.05) is 13.7 Å². The maximum absolute atomic E-state index is 12.4. The lowest BCUT2D eigenvalue weighted by atomic mass is 10.1. The number of hydrogen-bond donors (Lipinski definition) is 1. The van der Waals surface area contributed by atoms with Crippen molar-refractivity contribution in [1.82, 2.24) is 0 Å². The topological polar surface area (TPSA) is 29.1 Å². The molecule has 0 bridgehead atoms. The average Bonchev–Trinajstić information content (AvgIpc) is 2.49. The van der Waals surface area contributed by atoms with Gasteiger partial charge in [0.05, 0.1) is 5.56 Å². The fourth-order valence-corrected chi connectivity index (χ4v) is 3.05. The Labute approximate surface area is 144 Å². The molecule has 0 heterocycles. The van der Waals surface area contributed by atoms with Crippen LogP contribution in [0.25, 0.3) is 10.8 Å². The second-order valence-corrected chi connectivity index (χ2v) is 6.74. The smallest absolute Gasteiger partial charge is 0.256 e. The van der Waals surface area contributed by atoms with E-state index in [1.807, 2.05) is 54.6 Å². The number of carbonyl (C=O) groups is 1. The number of amides is 1. The molecule has 0 aliphatic rings. The molecule has 4 heteroatoms. The second-order valence-electron chi connectivity index (χ2n) is 4.64. The summed E-state index contributed by atoms with van der Waals surface area (Å²) in [5.74, 6) is -0.115. The molecule has 0 aliphatic heterocycles. The molecule has 0 unspecified atom stereocenters. The van der Waals surface area contributed by atoms with Crippen LogP contribution in [0.4, 0.5) is 5.69 Å². The zero-order valence-electron chi connectivity index (χ0n) is 10.9. The summed E-state index contributed by atoms with van der Waals surface area (Å²) >= 11 is 5.62. The number of benzene rings is 3. The molecule has 1 N–H and O–H groups in total. The molecule has 104 valence electrons. The monoisotopic (exact) mass is 451 g/mol. The van der Waals surface area contributed by atoms with E-state index in [0.29, 0.717) is 5.56 Å². The molecule has 2 nitrogen and oxygen atoms in total. The Kier molecular flexibility index (Phi) is 4.26. The van der Waals surface area contributed by atoms with Gasteiger partial charge >= 0.3 is 0 Å². The Morgan fingerprint density at radius 1 is 0.952 bits per heavy atom. The standard InChI is InChI=1S/C17H11BrINO/c18-16-8-6-13(19)10-15(16)17(21)20-14-7-5-11-3-1-2-4-12(11)9-14/h1-10H,(H,20,21). The average molecular weight is 452 g/mol. The lowest BCUT2D eigenvalue weighted by molar-refractivity contribution is 0.102. The van der Waals surface area contributed by atoms with E-state index >= 15 is 0 Å². The van der Waals surface area contributed by atoms with E-state index in [9.17, 15) is 4.79 Å². The van der Waals surface area contributed by atoms with Crippen molar-refractivity contribution in [3.8, 4) is 0 Å². The predicted octanol–water partition coefficient (Wildman–Crippen LogP) is 5.46. The van der Waals surface area contributed by atoms with Crippen molar-refractivity contribution in [3.63, 3.8) is 0 Å². The van der Waals surface area contributed by atoms with Crippen LogP contribution >= 0.6 is 38.5 Å². The van der Waals surface area contributed by atoms with E-state index in [1.54, 1.807) is 0 Å². The SMILES string of the molecule is O=C(Nc1ccc2ccccc2c1)c1cc(I)ccc1Br. The number of carbonyl (C=O) groups excluding carboxylic acids is 1. The van der Waals surface area contributed by atoms with Crippen LogP contribution in [0.1, 0.15) is 10.4 Å². The third kappa shape index (κ3) is 3.27. The summed E-state index contributed by atoms with van der Waals surface area (Å²) < 4.78 is 1.82. The number of nitrogens with one attached hydrogen (secondary N) is 1. The van der Waals surface area contributed by atoms with E-state index in [0.717, 1.165) is 24.5 Å². The predicted molar refractivity (Wildman–Crippen MR) is 98.8 cm³/mol. The fourth-order valence-electron chi connectivity index (χ4n) is 2.14. The van der Waals surface area contributed by atoms with Gasteiger partial charge in [-0.3, -0.25) is 4.79 Å². The molecule has 0 atom stereocenters. The second kappa shape index (κ2) is 6.15. The molecular weight excluding hydrogens is 441 g/mol. The number of halogens is 2. The van der Waals surface area contributed by atoms with E-state index in [1.165, 1.54) is 0 Å². The summed E-state index contributed by atoms with van der Waals surface area (Å²) in [4.78, 5) is 12.4. The Morgan fingerprint density at radius 3 is 2.52 bits per heavy atom. The van der Waals surface area contributed by atoms with Gasteiger partial charge in [-0.1, -0.05) is 30.3 Å². The third-order valence-electron chi connectivity index (χ3n) is 3.18. The lowest BCUT2D eigenvalue weighted by Crippen LogP contribution is -2.12. The summed E-state index contributed by atoms with van der Waals surface area (Å²) in [6, 6.07) is 19.7. The minimum absolute atomic E-state index is 0.115. The van der Waals surface area contributed by atoms with Crippen LogP contribution in [-0.4, -0.2) is 5.91 Å². The maximum atomic E-state index is 12.4. The van der Waals surface area contributed by atoms with Crippen LogP contribution in [0.15, 0.2) is 65.1 Å². The highest BCUT2D eigenvalue weighted by Gasteiger charge is 2.11. The van der Waals surface area contributed by atoms with Crippen LogP contribution in [0.3, 0.4) is 0 Å². The molecule has 0 spiro atoms. The molecule has 3 aromatic rings. The quantitative estimate of drug-likeness (QED) is 0.515. The lowest BCUT2D eigenvalue weighted by Gasteiger charge is -2.08. The molecule has 1 amide bonds. The van der Waals surface area contributed by atoms with Crippen LogP contribution in [0.2, 0.25) is 0 Å². The first-order chi connectivity index (χ1) is 10.1. The molecule has 3 aromatic carbocycles. The zero-order chi connectivity index (χ0) is 14.8. The number of fused-ring (bicyclic) bond motifs is 1. The van der Waals surface area contributed by atoms with Crippen molar-refractivity contribution in [3.05, 3.63) is 74.3 Å². The van der Waals surface area contributed by atoms with Gasteiger partial charge < -0.3 is 5.32 Å². The Morgan fingerprint density at radius 2 is 1.71 bits per heavy atom. The Hall–Kier alpha value is -1.40. The minimum Gasteiger partial charge on any atom is -0.322 e. The molecule has 0 aliphatic carbocycles. The fraction of sp³-hybridized carbons (Fsp3) is 0. The number of hydrogen-bond acceptors (Lipinski definition) is 1. The van der Waals surface area contributed by atoms with Gasteiger partial charge in [-0.15, -0.1) is 0 Å². The summed E-state index contributed by atoms with van der Waals surface area (Å²) in [5.41, 5.74) is 1.43. The zero-order valence-corrected chi connectivity index (χ0v) is 14.7. The molecular formula is C17H11BrINO. The largest absolute Gasteiger partial charge is 0.322 e. The van der Waals surface area contributed by atoms with Gasteiger partial charge in [0.15, 0.2) is 0 Å². The molecule has 0 saturated heterocycles. The van der Waals surface area contributed by atoms with E-state index in [4.69, 9.17) is 0 Å². The molecule has 0 fully saturated rings. The third-order valence-corrected chi connectivity index (χ3v) is 4.54. The molecule has 0 saturated carbocycles. The molecule has 0 aromatic heterocycles. The minimum atomic E-state index is -0.115.